The standard InChI is InChI=1S/C15H21BrO/c1-9-6-10(2)11(3)12(7-9)17-14-8-13(16)15(14,4)5/h6-7,13-14H,8H2,1-5H3. The van der Waals surface area contributed by atoms with Crippen LogP contribution in [0.2, 0.25) is 0 Å². The van der Waals surface area contributed by atoms with Crippen molar-refractivity contribution < 1.29 is 4.74 Å². The smallest absolute Gasteiger partial charge is 0.123 e. The maximum Gasteiger partial charge on any atom is 0.123 e. The number of ether oxygens (including phenoxy) is 1. The van der Waals surface area contributed by atoms with Gasteiger partial charge in [0, 0.05) is 10.2 Å². The minimum absolute atomic E-state index is 0.226. The molecule has 2 rings (SSSR count). The molecule has 0 saturated heterocycles. The van der Waals surface area contributed by atoms with Crippen LogP contribution in [0.1, 0.15) is 37.0 Å². The summed E-state index contributed by atoms with van der Waals surface area (Å²) in [6.45, 7) is 10.9. The van der Waals surface area contributed by atoms with Gasteiger partial charge in [-0.25, -0.2) is 0 Å². The molecule has 0 radical (unpaired) electrons. The molecule has 1 nitrogen and oxygen atoms in total. The molecule has 2 unspecified atom stereocenters. The fraction of sp³-hybridized carbons (Fsp3) is 0.600. The lowest BCUT2D eigenvalue weighted by molar-refractivity contribution is -0.00829. The Morgan fingerprint density at radius 2 is 1.88 bits per heavy atom. The Kier molecular flexibility index (Phi) is 3.28. The summed E-state index contributed by atoms with van der Waals surface area (Å²) in [6.07, 6.45) is 1.42. The van der Waals surface area contributed by atoms with Crippen LogP contribution in [0.25, 0.3) is 0 Å². The van der Waals surface area contributed by atoms with Crippen molar-refractivity contribution in [3.05, 3.63) is 28.8 Å². The van der Waals surface area contributed by atoms with Crippen molar-refractivity contribution in [3.63, 3.8) is 0 Å². The molecule has 0 heterocycles. The zero-order valence-corrected chi connectivity index (χ0v) is 12.9. The molecule has 0 amide bonds. The number of halogens is 1. The summed E-state index contributed by atoms with van der Waals surface area (Å²) in [5.41, 5.74) is 4.08. The molecule has 1 aromatic rings. The molecule has 94 valence electrons. The van der Waals surface area contributed by atoms with Gasteiger partial charge >= 0.3 is 0 Å². The van der Waals surface area contributed by atoms with Gasteiger partial charge in [0.2, 0.25) is 0 Å². The Morgan fingerprint density at radius 1 is 1.24 bits per heavy atom. The van der Waals surface area contributed by atoms with E-state index >= 15 is 0 Å². The maximum absolute atomic E-state index is 6.20. The molecular formula is C15H21BrO. The Morgan fingerprint density at radius 3 is 2.41 bits per heavy atom. The van der Waals surface area contributed by atoms with Crippen molar-refractivity contribution in [1.82, 2.24) is 0 Å². The summed E-state index contributed by atoms with van der Waals surface area (Å²) in [6, 6.07) is 4.36. The van der Waals surface area contributed by atoms with Crippen LogP contribution in [0.4, 0.5) is 0 Å². The fourth-order valence-electron chi connectivity index (χ4n) is 2.31. The fourth-order valence-corrected chi connectivity index (χ4v) is 2.95. The second-order valence-corrected chi connectivity index (χ2v) is 6.94. The molecule has 0 aliphatic heterocycles. The minimum Gasteiger partial charge on any atom is -0.489 e. The van der Waals surface area contributed by atoms with E-state index in [9.17, 15) is 0 Å². The van der Waals surface area contributed by atoms with Crippen molar-refractivity contribution in [2.75, 3.05) is 0 Å². The first kappa shape index (κ1) is 12.9. The van der Waals surface area contributed by atoms with E-state index < -0.39 is 0 Å². The van der Waals surface area contributed by atoms with Crippen molar-refractivity contribution in [1.29, 1.82) is 0 Å². The lowest BCUT2D eigenvalue weighted by Crippen LogP contribution is -2.53. The molecule has 0 N–H and O–H groups in total. The zero-order valence-electron chi connectivity index (χ0n) is 11.3. The molecule has 1 aliphatic rings. The Bertz CT molecular complexity index is 437. The van der Waals surface area contributed by atoms with Gasteiger partial charge in [-0.05, 0) is 49.9 Å². The summed E-state index contributed by atoms with van der Waals surface area (Å²) in [5, 5.41) is 0. The van der Waals surface area contributed by atoms with E-state index in [2.05, 4.69) is 62.7 Å². The second-order valence-electron chi connectivity index (χ2n) is 5.84. The van der Waals surface area contributed by atoms with E-state index in [4.69, 9.17) is 4.74 Å². The number of hydrogen-bond acceptors (Lipinski definition) is 1. The van der Waals surface area contributed by atoms with Crippen molar-refractivity contribution >= 4 is 15.9 Å². The van der Waals surface area contributed by atoms with E-state index in [1.165, 1.54) is 16.7 Å². The van der Waals surface area contributed by atoms with Gasteiger partial charge in [-0.15, -0.1) is 0 Å². The summed E-state index contributed by atoms with van der Waals surface area (Å²) in [4.78, 5) is 0.575. The van der Waals surface area contributed by atoms with Gasteiger partial charge in [0.25, 0.3) is 0 Å². The third-order valence-corrected chi connectivity index (χ3v) is 5.65. The molecule has 1 saturated carbocycles. The van der Waals surface area contributed by atoms with Gasteiger partial charge in [0.1, 0.15) is 11.9 Å². The highest BCUT2D eigenvalue weighted by Crippen LogP contribution is 2.47. The highest BCUT2D eigenvalue weighted by molar-refractivity contribution is 9.09. The van der Waals surface area contributed by atoms with Crippen LogP contribution in [0.3, 0.4) is 0 Å². The van der Waals surface area contributed by atoms with Crippen LogP contribution in [-0.4, -0.2) is 10.9 Å². The van der Waals surface area contributed by atoms with Crippen LogP contribution in [0.5, 0.6) is 5.75 Å². The largest absolute Gasteiger partial charge is 0.489 e. The monoisotopic (exact) mass is 296 g/mol. The van der Waals surface area contributed by atoms with E-state index in [-0.39, 0.29) is 5.41 Å². The number of rotatable bonds is 2. The number of aryl methyl sites for hydroxylation is 2. The van der Waals surface area contributed by atoms with Crippen molar-refractivity contribution in [2.24, 2.45) is 5.41 Å². The van der Waals surface area contributed by atoms with Crippen molar-refractivity contribution in [3.8, 4) is 5.75 Å². The summed E-state index contributed by atoms with van der Waals surface area (Å²) < 4.78 is 6.20. The Hall–Kier alpha value is -0.500. The summed E-state index contributed by atoms with van der Waals surface area (Å²) in [7, 11) is 0. The Balaban J connectivity index is 2.20. The summed E-state index contributed by atoms with van der Waals surface area (Å²) in [5.74, 6) is 1.06. The third kappa shape index (κ3) is 2.24. The summed E-state index contributed by atoms with van der Waals surface area (Å²) >= 11 is 3.70. The first-order valence-electron chi connectivity index (χ1n) is 6.21. The molecule has 0 spiro atoms. The van der Waals surface area contributed by atoms with E-state index in [0.29, 0.717) is 10.9 Å². The van der Waals surface area contributed by atoms with E-state index in [1.807, 2.05) is 0 Å². The predicted octanol–water partition coefficient (Wildman–Crippen LogP) is 4.55. The molecule has 2 atom stereocenters. The average molecular weight is 297 g/mol. The van der Waals surface area contributed by atoms with Crippen LogP contribution < -0.4 is 4.74 Å². The molecule has 17 heavy (non-hydrogen) atoms. The molecule has 1 fully saturated rings. The molecule has 0 bridgehead atoms. The van der Waals surface area contributed by atoms with Gasteiger partial charge in [0.05, 0.1) is 0 Å². The SMILES string of the molecule is Cc1cc(C)c(C)c(OC2CC(Br)C2(C)C)c1. The van der Waals surface area contributed by atoms with Gasteiger partial charge in [0.15, 0.2) is 0 Å². The normalized spacial score (nSPS) is 26.5. The lowest BCUT2D eigenvalue weighted by atomic mass is 9.69. The van der Waals surface area contributed by atoms with Crippen LogP contribution >= 0.6 is 15.9 Å². The first-order chi connectivity index (χ1) is 7.82. The van der Waals surface area contributed by atoms with Crippen LogP contribution in [0, 0.1) is 26.2 Å². The maximum atomic E-state index is 6.20. The number of alkyl halides is 1. The lowest BCUT2D eigenvalue weighted by Gasteiger charge is -2.48. The third-order valence-electron chi connectivity index (χ3n) is 4.09. The highest BCUT2D eigenvalue weighted by atomic mass is 79.9. The average Bonchev–Trinajstić information content (AvgIpc) is 2.24. The minimum atomic E-state index is 0.226. The molecule has 2 heteroatoms. The van der Waals surface area contributed by atoms with Gasteiger partial charge in [-0.3, -0.25) is 0 Å². The first-order valence-corrected chi connectivity index (χ1v) is 7.12. The quantitative estimate of drug-likeness (QED) is 0.728. The molecular weight excluding hydrogens is 276 g/mol. The topological polar surface area (TPSA) is 9.23 Å². The second kappa shape index (κ2) is 4.31. The highest BCUT2D eigenvalue weighted by Gasteiger charge is 2.48. The van der Waals surface area contributed by atoms with Gasteiger partial charge < -0.3 is 4.74 Å². The van der Waals surface area contributed by atoms with E-state index in [1.54, 1.807) is 0 Å². The molecule has 1 aliphatic carbocycles. The molecule has 0 aromatic heterocycles. The van der Waals surface area contributed by atoms with Gasteiger partial charge in [-0.2, -0.15) is 0 Å². The van der Waals surface area contributed by atoms with Crippen LogP contribution in [-0.2, 0) is 0 Å². The zero-order chi connectivity index (χ0) is 12.8. The van der Waals surface area contributed by atoms with E-state index in [0.717, 1.165) is 12.2 Å². The number of hydrogen-bond donors (Lipinski definition) is 0. The number of benzene rings is 1. The predicted molar refractivity (Wildman–Crippen MR) is 76.2 cm³/mol. The van der Waals surface area contributed by atoms with Gasteiger partial charge in [-0.1, -0.05) is 35.8 Å². The Labute approximate surface area is 113 Å². The molecule has 1 aromatic carbocycles. The van der Waals surface area contributed by atoms with Crippen molar-refractivity contribution in [2.45, 2.75) is 52.0 Å². The van der Waals surface area contributed by atoms with Crippen LogP contribution in [0.15, 0.2) is 12.1 Å².